The first-order chi connectivity index (χ1) is 7.72. The van der Waals surface area contributed by atoms with Crippen LogP contribution in [0.3, 0.4) is 0 Å². The first-order valence-corrected chi connectivity index (χ1v) is 4.54. The zero-order chi connectivity index (χ0) is 11.5. The molecular formula is C10H10N4O2. The molecule has 0 saturated heterocycles. The van der Waals surface area contributed by atoms with Crippen LogP contribution in [0, 0.1) is 0 Å². The molecule has 16 heavy (non-hydrogen) atoms. The number of nitrogen functional groups attached to an aromatic ring is 1. The highest BCUT2D eigenvalue weighted by atomic mass is 16.5. The third-order valence-corrected chi connectivity index (χ3v) is 2.04. The molecule has 0 radical (unpaired) electrons. The van der Waals surface area contributed by atoms with Gasteiger partial charge in [0.05, 0.1) is 19.0 Å². The maximum absolute atomic E-state index is 11.5. The van der Waals surface area contributed by atoms with Crippen LogP contribution in [0.1, 0.15) is 10.4 Å². The van der Waals surface area contributed by atoms with Crippen LogP contribution in [0.4, 0.5) is 5.69 Å². The van der Waals surface area contributed by atoms with Gasteiger partial charge in [0.25, 0.3) is 0 Å². The molecule has 2 aromatic rings. The van der Waals surface area contributed by atoms with Crippen molar-refractivity contribution in [1.82, 2.24) is 14.5 Å². The SMILES string of the molecule is COC(=O)c1cc(N)cnc1-n1ccnc1. The molecule has 2 heterocycles. The number of hydrogen-bond donors (Lipinski definition) is 1. The van der Waals surface area contributed by atoms with E-state index in [0.717, 1.165) is 0 Å². The van der Waals surface area contributed by atoms with Gasteiger partial charge in [0.1, 0.15) is 11.9 Å². The summed E-state index contributed by atoms with van der Waals surface area (Å²) < 4.78 is 6.28. The van der Waals surface area contributed by atoms with E-state index < -0.39 is 5.97 Å². The van der Waals surface area contributed by atoms with E-state index in [-0.39, 0.29) is 0 Å². The fourth-order valence-corrected chi connectivity index (χ4v) is 1.32. The normalized spacial score (nSPS) is 10.1. The van der Waals surface area contributed by atoms with E-state index in [0.29, 0.717) is 17.1 Å². The van der Waals surface area contributed by atoms with Crippen molar-refractivity contribution in [1.29, 1.82) is 0 Å². The molecular weight excluding hydrogens is 208 g/mol. The highest BCUT2D eigenvalue weighted by Gasteiger charge is 2.14. The number of imidazole rings is 1. The maximum atomic E-state index is 11.5. The zero-order valence-electron chi connectivity index (χ0n) is 8.62. The van der Waals surface area contributed by atoms with E-state index in [1.54, 1.807) is 23.3 Å². The second kappa shape index (κ2) is 4.01. The summed E-state index contributed by atoms with van der Waals surface area (Å²) in [6.45, 7) is 0. The lowest BCUT2D eigenvalue weighted by atomic mass is 10.2. The number of methoxy groups -OCH3 is 1. The molecule has 0 amide bonds. The first kappa shape index (κ1) is 10.2. The van der Waals surface area contributed by atoms with Crippen molar-refractivity contribution in [2.24, 2.45) is 0 Å². The molecule has 0 atom stereocenters. The third kappa shape index (κ3) is 1.72. The van der Waals surface area contributed by atoms with Crippen LogP contribution >= 0.6 is 0 Å². The van der Waals surface area contributed by atoms with Crippen LogP contribution in [-0.4, -0.2) is 27.6 Å². The molecule has 2 N–H and O–H groups in total. The van der Waals surface area contributed by atoms with E-state index in [2.05, 4.69) is 14.7 Å². The van der Waals surface area contributed by atoms with Crippen LogP contribution in [0.5, 0.6) is 0 Å². The first-order valence-electron chi connectivity index (χ1n) is 4.54. The smallest absolute Gasteiger partial charge is 0.341 e. The minimum Gasteiger partial charge on any atom is -0.465 e. The van der Waals surface area contributed by atoms with Gasteiger partial charge in [-0.2, -0.15) is 0 Å². The molecule has 0 aliphatic carbocycles. The lowest BCUT2D eigenvalue weighted by molar-refractivity contribution is 0.0600. The van der Waals surface area contributed by atoms with Gasteiger partial charge in [0.2, 0.25) is 0 Å². The van der Waals surface area contributed by atoms with E-state index in [9.17, 15) is 4.79 Å². The quantitative estimate of drug-likeness (QED) is 0.748. The van der Waals surface area contributed by atoms with Gasteiger partial charge in [-0.25, -0.2) is 14.8 Å². The molecule has 6 nitrogen and oxygen atoms in total. The summed E-state index contributed by atoms with van der Waals surface area (Å²) in [4.78, 5) is 19.5. The fourth-order valence-electron chi connectivity index (χ4n) is 1.32. The fraction of sp³-hybridized carbons (Fsp3) is 0.100. The van der Waals surface area contributed by atoms with Crippen molar-refractivity contribution in [2.75, 3.05) is 12.8 Å². The van der Waals surface area contributed by atoms with Crippen molar-refractivity contribution in [3.05, 3.63) is 36.5 Å². The van der Waals surface area contributed by atoms with Gasteiger partial charge in [-0.15, -0.1) is 0 Å². The molecule has 0 fully saturated rings. The Labute approximate surface area is 91.7 Å². The van der Waals surface area contributed by atoms with Crippen LogP contribution in [-0.2, 0) is 4.74 Å². The largest absolute Gasteiger partial charge is 0.465 e. The topological polar surface area (TPSA) is 83.0 Å². The summed E-state index contributed by atoms with van der Waals surface area (Å²) in [5, 5.41) is 0. The van der Waals surface area contributed by atoms with Gasteiger partial charge in [-0.1, -0.05) is 0 Å². The molecule has 0 aliphatic rings. The molecule has 2 aromatic heterocycles. The lowest BCUT2D eigenvalue weighted by Crippen LogP contribution is -2.09. The number of esters is 1. The van der Waals surface area contributed by atoms with Gasteiger partial charge in [-0.05, 0) is 6.07 Å². The summed E-state index contributed by atoms with van der Waals surface area (Å²) in [5.41, 5.74) is 6.29. The molecule has 0 spiro atoms. The maximum Gasteiger partial charge on any atom is 0.341 e. The van der Waals surface area contributed by atoms with E-state index in [1.165, 1.54) is 19.4 Å². The number of pyridine rings is 1. The Morgan fingerprint density at radius 1 is 1.56 bits per heavy atom. The predicted molar refractivity (Wildman–Crippen MR) is 57.1 cm³/mol. The summed E-state index contributed by atoms with van der Waals surface area (Å²) in [6.07, 6.45) is 6.30. The minimum atomic E-state index is -0.483. The van der Waals surface area contributed by atoms with Crippen molar-refractivity contribution in [3.8, 4) is 5.82 Å². The second-order valence-electron chi connectivity index (χ2n) is 3.10. The predicted octanol–water partition coefficient (Wildman–Crippen LogP) is 0.636. The second-order valence-corrected chi connectivity index (χ2v) is 3.10. The molecule has 82 valence electrons. The number of aromatic nitrogens is 3. The Kier molecular flexibility index (Phi) is 2.55. The number of anilines is 1. The Balaban J connectivity index is 2.57. The number of hydrogen-bond acceptors (Lipinski definition) is 5. The Bertz CT molecular complexity index is 508. The van der Waals surface area contributed by atoms with Crippen LogP contribution in [0.15, 0.2) is 31.0 Å². The van der Waals surface area contributed by atoms with Crippen molar-refractivity contribution in [2.45, 2.75) is 0 Å². The molecule has 0 saturated carbocycles. The van der Waals surface area contributed by atoms with Crippen LogP contribution < -0.4 is 5.73 Å². The molecule has 6 heteroatoms. The standard InChI is InChI=1S/C10H10N4O2/c1-16-10(15)8-4-7(11)5-13-9(8)14-3-2-12-6-14/h2-6H,11H2,1H3. The molecule has 2 rings (SSSR count). The zero-order valence-corrected chi connectivity index (χ0v) is 8.62. The van der Waals surface area contributed by atoms with E-state index >= 15 is 0 Å². The summed E-state index contributed by atoms with van der Waals surface area (Å²) >= 11 is 0. The van der Waals surface area contributed by atoms with Gasteiger partial charge in [0, 0.05) is 12.4 Å². The average Bonchev–Trinajstić information content (AvgIpc) is 2.81. The van der Waals surface area contributed by atoms with Crippen molar-refractivity contribution >= 4 is 11.7 Å². The van der Waals surface area contributed by atoms with Crippen molar-refractivity contribution in [3.63, 3.8) is 0 Å². The summed E-state index contributed by atoms with van der Waals surface area (Å²) in [6, 6.07) is 1.52. The van der Waals surface area contributed by atoms with E-state index in [4.69, 9.17) is 5.73 Å². The molecule has 0 aliphatic heterocycles. The van der Waals surface area contributed by atoms with Crippen LogP contribution in [0.2, 0.25) is 0 Å². The van der Waals surface area contributed by atoms with Crippen LogP contribution in [0.25, 0.3) is 5.82 Å². The molecule has 0 bridgehead atoms. The highest BCUT2D eigenvalue weighted by Crippen LogP contribution is 2.15. The summed E-state index contributed by atoms with van der Waals surface area (Å²) in [7, 11) is 1.31. The van der Waals surface area contributed by atoms with Gasteiger partial charge in [-0.3, -0.25) is 4.57 Å². The molecule has 0 aromatic carbocycles. The Morgan fingerprint density at radius 2 is 2.38 bits per heavy atom. The lowest BCUT2D eigenvalue weighted by Gasteiger charge is -2.07. The van der Waals surface area contributed by atoms with E-state index in [1.807, 2.05) is 0 Å². The number of carbonyl (C=O) groups is 1. The Morgan fingerprint density at radius 3 is 3.00 bits per heavy atom. The number of nitrogens with two attached hydrogens (primary N) is 1. The minimum absolute atomic E-state index is 0.306. The van der Waals surface area contributed by atoms with Gasteiger partial charge >= 0.3 is 5.97 Å². The number of ether oxygens (including phenoxy) is 1. The molecule has 0 unspecified atom stereocenters. The van der Waals surface area contributed by atoms with Gasteiger partial charge < -0.3 is 10.5 Å². The monoisotopic (exact) mass is 218 g/mol. The number of nitrogens with zero attached hydrogens (tertiary/aromatic N) is 3. The number of rotatable bonds is 2. The Hall–Kier alpha value is -2.37. The number of carbonyl (C=O) groups excluding carboxylic acids is 1. The summed E-state index contributed by atoms with van der Waals surface area (Å²) in [5.74, 6) is -0.0398. The van der Waals surface area contributed by atoms with Crippen molar-refractivity contribution < 1.29 is 9.53 Å². The average molecular weight is 218 g/mol. The highest BCUT2D eigenvalue weighted by molar-refractivity contribution is 5.93. The van der Waals surface area contributed by atoms with Gasteiger partial charge in [0.15, 0.2) is 5.82 Å². The third-order valence-electron chi connectivity index (χ3n) is 2.04.